The van der Waals surface area contributed by atoms with Crippen molar-refractivity contribution in [2.24, 2.45) is 16.7 Å². The maximum absolute atomic E-state index is 10.3. The minimum absolute atomic E-state index is 0.440. The predicted molar refractivity (Wildman–Crippen MR) is 112 cm³/mol. The maximum Gasteiger partial charge on any atom is 0.244 e. The first-order chi connectivity index (χ1) is 14.9. The second-order valence-electron chi connectivity index (χ2n) is 7.53. The second-order valence-corrected chi connectivity index (χ2v) is 8.38. The second kappa shape index (κ2) is 7.10. The van der Waals surface area contributed by atoms with Gasteiger partial charge in [-0.3, -0.25) is 5.41 Å². The summed E-state index contributed by atoms with van der Waals surface area (Å²) in [5.74, 6) is -2.17. The van der Waals surface area contributed by atoms with E-state index in [9.17, 15) is 15.8 Å². The van der Waals surface area contributed by atoms with Crippen molar-refractivity contribution in [1.29, 1.82) is 21.2 Å². The molecule has 4 atom stereocenters. The van der Waals surface area contributed by atoms with E-state index in [-0.39, 0.29) is 0 Å². The molecule has 4 unspecified atom stereocenters. The molecular formula is C23H17BrN4O3. The number of fused-ring (bicyclic) bond motifs is 2. The highest BCUT2D eigenvalue weighted by Gasteiger charge is 2.79. The summed E-state index contributed by atoms with van der Waals surface area (Å²) in [4.78, 5) is 0. The van der Waals surface area contributed by atoms with Gasteiger partial charge < -0.3 is 14.2 Å². The third kappa shape index (κ3) is 2.42. The van der Waals surface area contributed by atoms with Crippen molar-refractivity contribution in [3.05, 3.63) is 64.1 Å². The number of benzene rings is 2. The fourth-order valence-corrected chi connectivity index (χ4v) is 5.24. The van der Waals surface area contributed by atoms with Crippen molar-refractivity contribution in [3.63, 3.8) is 0 Å². The largest absolute Gasteiger partial charge is 0.496 e. The number of nitriles is 3. The molecule has 7 nitrogen and oxygen atoms in total. The Morgan fingerprint density at radius 3 is 2.29 bits per heavy atom. The lowest BCUT2D eigenvalue weighted by molar-refractivity contribution is -0.288. The lowest BCUT2D eigenvalue weighted by Crippen LogP contribution is -2.57. The van der Waals surface area contributed by atoms with Crippen LogP contribution in [0.15, 0.2) is 53.0 Å². The van der Waals surface area contributed by atoms with E-state index in [1.54, 1.807) is 49.4 Å². The predicted octanol–water partition coefficient (Wildman–Crippen LogP) is 4.57. The Balaban J connectivity index is 2.03. The molecular weight excluding hydrogens is 460 g/mol. The molecule has 2 saturated heterocycles. The lowest BCUT2D eigenvalue weighted by atomic mass is 9.53. The molecule has 2 aliphatic rings. The Morgan fingerprint density at radius 1 is 1.06 bits per heavy atom. The van der Waals surface area contributed by atoms with Gasteiger partial charge in [-0.15, -0.1) is 0 Å². The molecule has 154 valence electrons. The lowest BCUT2D eigenvalue weighted by Gasteiger charge is -2.48. The molecule has 0 radical (unpaired) electrons. The third-order valence-corrected chi connectivity index (χ3v) is 6.94. The quantitative estimate of drug-likeness (QED) is 0.691. The first kappa shape index (κ1) is 20.9. The van der Waals surface area contributed by atoms with Crippen molar-refractivity contribution in [1.82, 2.24) is 0 Å². The standard InChI is InChI=1S/C23H17BrN4O3/c1-14-22(13-27)20(28)31-23(14,16-6-4-3-5-7-16)30-19(21(22,11-25)12-26)15-8-9-18(29-2)17(24)10-15/h3-10,14,19,28H,1-2H3. The minimum atomic E-state index is -2.01. The van der Waals surface area contributed by atoms with Gasteiger partial charge in [-0.25, -0.2) is 0 Å². The van der Waals surface area contributed by atoms with Gasteiger partial charge in [0.2, 0.25) is 17.1 Å². The van der Waals surface area contributed by atoms with E-state index in [1.807, 2.05) is 18.2 Å². The smallest absolute Gasteiger partial charge is 0.244 e. The summed E-state index contributed by atoms with van der Waals surface area (Å²) in [5, 5.41) is 39.4. The van der Waals surface area contributed by atoms with Gasteiger partial charge in [-0.2, -0.15) is 15.8 Å². The Kier molecular flexibility index (Phi) is 4.78. The van der Waals surface area contributed by atoms with Gasteiger partial charge in [0.25, 0.3) is 0 Å². The normalized spacial score (nSPS) is 30.4. The van der Waals surface area contributed by atoms with E-state index < -0.39 is 34.5 Å². The summed E-state index contributed by atoms with van der Waals surface area (Å²) in [5.41, 5.74) is -2.75. The van der Waals surface area contributed by atoms with Crippen LogP contribution in [0.4, 0.5) is 0 Å². The molecule has 2 aromatic carbocycles. The molecule has 8 heteroatoms. The number of halogens is 1. The topological polar surface area (TPSA) is 123 Å². The van der Waals surface area contributed by atoms with Crippen LogP contribution >= 0.6 is 15.9 Å². The van der Waals surface area contributed by atoms with Gasteiger partial charge in [-0.05, 0) is 33.6 Å². The molecule has 2 aromatic rings. The molecule has 2 bridgehead atoms. The molecule has 1 N–H and O–H groups in total. The fraction of sp³-hybridized carbons (Fsp3) is 0.304. The number of methoxy groups -OCH3 is 1. The van der Waals surface area contributed by atoms with Gasteiger partial charge in [0, 0.05) is 5.56 Å². The number of nitrogens with zero attached hydrogens (tertiary/aromatic N) is 3. The number of nitrogens with one attached hydrogen (secondary N) is 1. The van der Waals surface area contributed by atoms with E-state index in [2.05, 4.69) is 22.0 Å². The fourth-order valence-electron chi connectivity index (χ4n) is 4.68. The van der Waals surface area contributed by atoms with Crippen LogP contribution in [0, 0.1) is 56.2 Å². The summed E-state index contributed by atoms with van der Waals surface area (Å²) in [6.07, 6.45) is -1.16. The van der Waals surface area contributed by atoms with Crippen molar-refractivity contribution >= 4 is 21.8 Å². The SMILES string of the molecule is COc1ccc(C2OC3(c4ccccc4)OC(=N)C(C#N)(C3C)C2(C#N)C#N)cc1Br. The molecule has 0 amide bonds. The monoisotopic (exact) mass is 476 g/mol. The van der Waals surface area contributed by atoms with E-state index >= 15 is 0 Å². The van der Waals surface area contributed by atoms with Gasteiger partial charge in [0.05, 0.1) is 35.7 Å². The van der Waals surface area contributed by atoms with E-state index in [0.29, 0.717) is 21.3 Å². The zero-order chi connectivity index (χ0) is 22.4. The number of hydrogen-bond acceptors (Lipinski definition) is 7. The van der Waals surface area contributed by atoms with Crippen molar-refractivity contribution < 1.29 is 14.2 Å². The van der Waals surface area contributed by atoms with Crippen molar-refractivity contribution in [2.45, 2.75) is 18.8 Å². The summed E-state index contributed by atoms with van der Waals surface area (Å²) < 4.78 is 18.3. The average molecular weight is 477 g/mol. The molecule has 2 fully saturated rings. The number of ether oxygens (including phenoxy) is 3. The van der Waals surface area contributed by atoms with Gasteiger partial charge in [0.15, 0.2) is 5.41 Å². The molecule has 2 aliphatic heterocycles. The van der Waals surface area contributed by atoms with Crippen LogP contribution in [0.3, 0.4) is 0 Å². The highest BCUT2D eigenvalue weighted by molar-refractivity contribution is 9.10. The summed E-state index contributed by atoms with van der Waals surface area (Å²) in [6.45, 7) is 1.68. The van der Waals surface area contributed by atoms with Gasteiger partial charge in [0.1, 0.15) is 11.9 Å². The van der Waals surface area contributed by atoms with Crippen LogP contribution in [-0.2, 0) is 15.3 Å². The molecule has 0 aliphatic carbocycles. The van der Waals surface area contributed by atoms with Crippen LogP contribution in [0.2, 0.25) is 0 Å². The first-order valence-electron chi connectivity index (χ1n) is 9.45. The summed E-state index contributed by atoms with van der Waals surface area (Å²) in [7, 11) is 1.53. The Labute approximate surface area is 188 Å². The number of hydrogen-bond donors (Lipinski definition) is 1. The molecule has 2 heterocycles. The Bertz CT molecular complexity index is 1180. The van der Waals surface area contributed by atoms with Gasteiger partial charge in [-0.1, -0.05) is 43.3 Å². The molecule has 0 spiro atoms. The van der Waals surface area contributed by atoms with Crippen LogP contribution in [-0.4, -0.2) is 13.0 Å². The van der Waals surface area contributed by atoms with Crippen LogP contribution in [0.1, 0.15) is 24.2 Å². The van der Waals surface area contributed by atoms with Crippen LogP contribution < -0.4 is 4.74 Å². The first-order valence-corrected chi connectivity index (χ1v) is 10.2. The summed E-state index contributed by atoms with van der Waals surface area (Å²) >= 11 is 3.43. The summed E-state index contributed by atoms with van der Waals surface area (Å²) in [6, 6.07) is 20.2. The van der Waals surface area contributed by atoms with E-state index in [0.717, 1.165) is 0 Å². The number of rotatable bonds is 3. The zero-order valence-corrected chi connectivity index (χ0v) is 18.3. The average Bonchev–Trinajstić information content (AvgIpc) is 2.96. The van der Waals surface area contributed by atoms with Crippen LogP contribution in [0.25, 0.3) is 0 Å². The van der Waals surface area contributed by atoms with Crippen LogP contribution in [0.5, 0.6) is 5.75 Å². The highest BCUT2D eigenvalue weighted by Crippen LogP contribution is 2.69. The maximum atomic E-state index is 10.3. The molecule has 0 saturated carbocycles. The van der Waals surface area contributed by atoms with E-state index in [4.69, 9.17) is 19.6 Å². The Hall–Kier alpha value is -3.38. The van der Waals surface area contributed by atoms with Gasteiger partial charge >= 0.3 is 0 Å². The van der Waals surface area contributed by atoms with Crippen molar-refractivity contribution in [3.8, 4) is 24.0 Å². The minimum Gasteiger partial charge on any atom is -0.496 e. The van der Waals surface area contributed by atoms with E-state index in [1.165, 1.54) is 7.11 Å². The molecule has 4 rings (SSSR count). The van der Waals surface area contributed by atoms with Crippen molar-refractivity contribution in [2.75, 3.05) is 7.11 Å². The highest BCUT2D eigenvalue weighted by atomic mass is 79.9. The Morgan fingerprint density at radius 2 is 1.74 bits per heavy atom. The molecule has 31 heavy (non-hydrogen) atoms. The zero-order valence-electron chi connectivity index (χ0n) is 16.7. The molecule has 0 aromatic heterocycles. The third-order valence-electron chi connectivity index (χ3n) is 6.32.